The molecule has 1 N–H and O–H groups in total. The SMILES string of the molecule is C=C1C(=O)[C@@]23C(=O)O[C@H]4CCC(C)(C)[C@H]5C(=O)OC[C@@]45[C@@H]2CC[C@@H]1[C@H]3OC(=O)CCCC(=O)OCCCOc1[nH]o[n+](=O)c1S(=O)(=O)c1ccccc1. The van der Waals surface area contributed by atoms with Gasteiger partial charge in [0.1, 0.15) is 18.8 Å². The number of fused-ring (bicyclic) bond motifs is 1. The second-order valence-corrected chi connectivity index (χ2v) is 17.0. The fourth-order valence-corrected chi connectivity index (χ4v) is 10.9. The second-order valence-electron chi connectivity index (χ2n) is 15.1. The molecule has 3 saturated carbocycles. The first-order chi connectivity index (χ1) is 25.2. The Morgan fingerprint density at radius 1 is 1.02 bits per heavy atom. The first-order valence-corrected chi connectivity index (χ1v) is 19.2. The lowest BCUT2D eigenvalue weighted by molar-refractivity contribution is -0.744. The molecular formula is C36H41N2O14S+. The topological polar surface area (TPSA) is 218 Å². The molecule has 53 heavy (non-hydrogen) atoms. The number of esters is 4. The summed E-state index contributed by atoms with van der Waals surface area (Å²) in [4.78, 5) is 78.9. The van der Waals surface area contributed by atoms with Crippen LogP contribution in [0.2, 0.25) is 0 Å². The number of aromatic amines is 1. The zero-order chi connectivity index (χ0) is 37.9. The maximum absolute atomic E-state index is 14.1. The third-order valence-corrected chi connectivity index (χ3v) is 13.6. The summed E-state index contributed by atoms with van der Waals surface area (Å²) in [5, 5.41) is 1.37. The van der Waals surface area contributed by atoms with Gasteiger partial charge in [0, 0.05) is 25.2 Å². The summed E-state index contributed by atoms with van der Waals surface area (Å²) < 4.78 is 58.4. The van der Waals surface area contributed by atoms with Gasteiger partial charge in [0.05, 0.1) is 29.4 Å². The molecule has 7 rings (SSSR count). The van der Waals surface area contributed by atoms with Crippen molar-refractivity contribution >= 4 is 39.5 Å². The van der Waals surface area contributed by atoms with Gasteiger partial charge < -0.3 is 23.7 Å². The number of ketones is 1. The van der Waals surface area contributed by atoms with E-state index in [2.05, 4.69) is 16.4 Å². The molecule has 2 aromatic rings. The summed E-state index contributed by atoms with van der Waals surface area (Å²) in [6.45, 7) is 7.75. The van der Waals surface area contributed by atoms with Crippen molar-refractivity contribution < 1.29 is 65.3 Å². The van der Waals surface area contributed by atoms with Gasteiger partial charge in [-0.15, -0.1) is 0 Å². The van der Waals surface area contributed by atoms with Crippen molar-refractivity contribution in [1.29, 1.82) is 0 Å². The predicted molar refractivity (Wildman–Crippen MR) is 176 cm³/mol. The van der Waals surface area contributed by atoms with Gasteiger partial charge in [-0.05, 0) is 71.2 Å². The predicted octanol–water partition coefficient (Wildman–Crippen LogP) is 2.81. The highest BCUT2D eigenvalue weighted by Crippen LogP contribution is 2.71. The lowest BCUT2D eigenvalue weighted by atomic mass is 9.43. The molecule has 5 aliphatic rings. The number of aromatic nitrogens is 2. The van der Waals surface area contributed by atoms with E-state index in [4.69, 9.17) is 23.7 Å². The average molecular weight is 758 g/mol. The van der Waals surface area contributed by atoms with Gasteiger partial charge >= 0.3 is 34.8 Å². The van der Waals surface area contributed by atoms with E-state index in [1.807, 2.05) is 13.8 Å². The Morgan fingerprint density at radius 3 is 2.51 bits per heavy atom. The largest absolute Gasteiger partial charge is 0.466 e. The number of Topliss-reactive ketones (excluding diaryl/α,β-unsaturated/α-hetero) is 1. The molecule has 2 bridgehead atoms. The molecule has 1 aromatic carbocycles. The fourth-order valence-electron chi connectivity index (χ4n) is 9.63. The van der Waals surface area contributed by atoms with E-state index >= 15 is 0 Å². The number of nitrogens with one attached hydrogen (secondary N) is 1. The van der Waals surface area contributed by atoms with Gasteiger partial charge in [0.15, 0.2) is 11.2 Å². The Labute approximate surface area is 303 Å². The number of carbonyl (C=O) groups excluding carboxylic acids is 5. The Morgan fingerprint density at radius 2 is 1.75 bits per heavy atom. The lowest BCUT2D eigenvalue weighted by Crippen LogP contribution is -2.71. The van der Waals surface area contributed by atoms with E-state index in [1.165, 1.54) is 24.3 Å². The maximum atomic E-state index is 14.1. The third kappa shape index (κ3) is 5.60. The van der Waals surface area contributed by atoms with E-state index in [9.17, 15) is 37.3 Å². The zero-order valence-electron chi connectivity index (χ0n) is 29.3. The minimum absolute atomic E-state index is 0.0166. The molecule has 284 valence electrons. The number of H-pyrrole nitrogens is 1. The Hall–Kier alpha value is -4.80. The molecule has 0 unspecified atom stereocenters. The summed E-state index contributed by atoms with van der Waals surface area (Å²) in [7, 11) is -4.26. The number of cyclic esters (lactones) is 1. The number of carbonyl (C=O) groups is 5. The molecule has 2 aliphatic heterocycles. The lowest BCUT2D eigenvalue weighted by Gasteiger charge is -2.61. The van der Waals surface area contributed by atoms with Crippen molar-refractivity contribution in [3.05, 3.63) is 47.4 Å². The molecule has 0 radical (unpaired) electrons. The Kier molecular flexibility index (Phi) is 9.14. The van der Waals surface area contributed by atoms with E-state index in [1.54, 1.807) is 6.07 Å². The quantitative estimate of drug-likeness (QED) is 0.108. The zero-order valence-corrected chi connectivity index (χ0v) is 30.1. The Bertz CT molecular complexity index is 2040. The number of nitrogens with zero attached hydrogens (tertiary/aromatic N) is 1. The minimum Gasteiger partial charge on any atom is -0.466 e. The van der Waals surface area contributed by atoms with Crippen molar-refractivity contribution in [3.8, 4) is 5.88 Å². The number of rotatable bonds is 12. The summed E-state index contributed by atoms with van der Waals surface area (Å²) >= 11 is 0. The summed E-state index contributed by atoms with van der Waals surface area (Å²) in [5.41, 5.74) is -3.03. The number of hydrogen-bond acceptors (Lipinski definition) is 14. The Balaban J connectivity index is 0.930. The van der Waals surface area contributed by atoms with Gasteiger partial charge in [0.2, 0.25) is 4.60 Å². The minimum atomic E-state index is -4.26. The standard InChI is InChI=1S/C36H41N2O14S/c1-20-22-13-14-23-35-19-49-32(42)27(35)34(2,3)16-15-24(35)50-33(43)36(23,28(20)41)29(22)51-26(40)12-7-11-25(39)47-17-8-18-48-30-31(38(44)52-37-30)53(45,46)21-9-5-4-6-10-21/h4-6,9-10,22-24,27,29,37H,1,7-8,11-19H2,2-3H3/q+1/t22-,23-,24-,27+,29+,35+,36-/m0/s1. The highest BCUT2D eigenvalue weighted by Gasteiger charge is 2.81. The van der Waals surface area contributed by atoms with Gasteiger partial charge in [-0.25, -0.2) is 8.42 Å². The highest BCUT2D eigenvalue weighted by atomic mass is 32.2. The van der Waals surface area contributed by atoms with Crippen LogP contribution in [0.15, 0.2) is 57.0 Å². The van der Waals surface area contributed by atoms with E-state index < -0.39 is 90.6 Å². The first kappa shape index (κ1) is 36.6. The monoisotopic (exact) mass is 757 g/mol. The van der Waals surface area contributed by atoms with Crippen LogP contribution >= 0.6 is 0 Å². The summed E-state index contributed by atoms with van der Waals surface area (Å²) in [6.07, 6.45) is 0.129. The van der Waals surface area contributed by atoms with E-state index in [0.717, 1.165) is 0 Å². The van der Waals surface area contributed by atoms with Gasteiger partial charge in [-0.2, -0.15) is 0 Å². The van der Waals surface area contributed by atoms with E-state index in [0.29, 0.717) is 25.7 Å². The van der Waals surface area contributed by atoms with Crippen molar-refractivity contribution in [3.63, 3.8) is 0 Å². The van der Waals surface area contributed by atoms with Crippen LogP contribution in [0.1, 0.15) is 65.2 Å². The molecule has 5 fully saturated rings. The molecule has 16 nitrogen and oxygen atoms in total. The van der Waals surface area contributed by atoms with Crippen LogP contribution in [0.5, 0.6) is 5.88 Å². The molecule has 1 aromatic heterocycles. The first-order valence-electron chi connectivity index (χ1n) is 17.7. The summed E-state index contributed by atoms with van der Waals surface area (Å²) in [6, 6.07) is 7.26. The maximum Gasteiger partial charge on any atom is 0.404 e. The third-order valence-electron chi connectivity index (χ3n) is 11.9. The molecule has 0 amide bonds. The van der Waals surface area contributed by atoms with Crippen LogP contribution in [0.3, 0.4) is 0 Å². The molecule has 2 saturated heterocycles. The number of hydrogen-bond donors (Lipinski definition) is 1. The van der Waals surface area contributed by atoms with E-state index in [-0.39, 0.29) is 66.5 Å². The average Bonchev–Trinajstić information content (AvgIpc) is 3.71. The van der Waals surface area contributed by atoms with Crippen LogP contribution in [-0.4, -0.2) is 75.3 Å². The van der Waals surface area contributed by atoms with Gasteiger partial charge in [-0.3, -0.25) is 24.0 Å². The number of ether oxygens (including phenoxy) is 5. The van der Waals surface area contributed by atoms with Crippen molar-refractivity contribution in [2.75, 3.05) is 19.8 Å². The van der Waals surface area contributed by atoms with Crippen molar-refractivity contribution in [2.24, 2.45) is 34.0 Å². The smallest absolute Gasteiger partial charge is 0.404 e. The highest BCUT2D eigenvalue weighted by molar-refractivity contribution is 7.91. The fraction of sp³-hybridized carbons (Fsp3) is 0.583. The number of sulfone groups is 1. The molecular weight excluding hydrogens is 716 g/mol. The van der Waals surface area contributed by atoms with Gasteiger partial charge in [0.25, 0.3) is 9.84 Å². The van der Waals surface area contributed by atoms with Gasteiger partial charge in [-0.1, -0.05) is 43.3 Å². The molecule has 3 aliphatic carbocycles. The van der Waals surface area contributed by atoms with Crippen LogP contribution in [-0.2, 0) is 52.8 Å². The van der Waals surface area contributed by atoms with Crippen LogP contribution in [0.4, 0.5) is 0 Å². The molecule has 3 heterocycles. The number of benzene rings is 1. The molecule has 2 spiro atoms. The second kappa shape index (κ2) is 13.2. The summed E-state index contributed by atoms with van der Waals surface area (Å²) in [5.74, 6) is -5.20. The molecule has 7 atom stereocenters. The van der Waals surface area contributed by atoms with Crippen molar-refractivity contribution in [1.82, 2.24) is 5.16 Å². The van der Waals surface area contributed by atoms with Crippen LogP contribution < -0.4 is 9.34 Å². The van der Waals surface area contributed by atoms with Crippen molar-refractivity contribution in [2.45, 2.75) is 87.3 Å². The van der Waals surface area contributed by atoms with Crippen LogP contribution in [0.25, 0.3) is 0 Å². The normalized spacial score (nSPS) is 31.1. The molecule has 17 heteroatoms. The van der Waals surface area contributed by atoms with Crippen LogP contribution in [0, 0.1) is 38.9 Å².